The van der Waals surface area contributed by atoms with E-state index < -0.39 is 5.54 Å². The Bertz CT molecular complexity index is 944. The molecule has 0 N–H and O–H groups in total. The number of aryl methyl sites for hydroxylation is 2. The molecule has 0 fully saturated rings. The van der Waals surface area contributed by atoms with E-state index in [2.05, 4.69) is 36.5 Å². The van der Waals surface area contributed by atoms with Crippen LogP contribution in [-0.2, 0) is 22.3 Å². The highest BCUT2D eigenvalue weighted by Crippen LogP contribution is 2.34. The molecule has 4 rings (SSSR count). The molecule has 4 unspecified atom stereocenters. The lowest BCUT2D eigenvalue weighted by Crippen LogP contribution is -2.44. The predicted octanol–water partition coefficient (Wildman–Crippen LogP) is 5.81. The quantitative estimate of drug-likeness (QED) is 0.541. The Balaban J connectivity index is 1.37. The van der Waals surface area contributed by atoms with Crippen molar-refractivity contribution in [2.45, 2.75) is 63.3 Å². The fourth-order valence-corrected chi connectivity index (χ4v) is 4.28. The predicted molar refractivity (Wildman–Crippen MR) is 122 cm³/mol. The number of hydrogen-bond donors (Lipinski definition) is 0. The molecule has 0 bridgehead atoms. The van der Waals surface area contributed by atoms with Crippen LogP contribution in [-0.4, -0.2) is 36.1 Å². The van der Waals surface area contributed by atoms with Gasteiger partial charge in [0, 0.05) is 10.0 Å². The molecule has 2 aromatic carbocycles. The van der Waals surface area contributed by atoms with Crippen LogP contribution < -0.4 is 0 Å². The van der Waals surface area contributed by atoms with Gasteiger partial charge in [-0.1, -0.05) is 47.5 Å². The summed E-state index contributed by atoms with van der Waals surface area (Å²) in [6.45, 7) is 4.11. The monoisotopic (exact) mass is 443 g/mol. The normalized spacial score (nSPS) is 27.6. The summed E-state index contributed by atoms with van der Waals surface area (Å²) in [5.74, 6) is 0.650. The van der Waals surface area contributed by atoms with E-state index in [-0.39, 0.29) is 18.2 Å². The minimum absolute atomic E-state index is 0.0249. The molecule has 0 spiro atoms. The average Bonchev–Trinajstić information content (AvgIpc) is 3.29. The van der Waals surface area contributed by atoms with Crippen LogP contribution >= 0.6 is 23.2 Å². The number of aliphatic imine (C=N–C) groups is 2. The number of ether oxygens (including phenoxy) is 2. The summed E-state index contributed by atoms with van der Waals surface area (Å²) < 4.78 is 12.0. The van der Waals surface area contributed by atoms with Crippen LogP contribution in [0.4, 0.5) is 0 Å². The third kappa shape index (κ3) is 4.65. The summed E-state index contributed by atoms with van der Waals surface area (Å²) >= 11 is 12.1. The molecule has 30 heavy (non-hydrogen) atoms. The maximum atomic E-state index is 6.30. The van der Waals surface area contributed by atoms with Crippen LogP contribution in [0.1, 0.15) is 37.8 Å². The Morgan fingerprint density at radius 1 is 1.00 bits per heavy atom. The molecule has 0 saturated carbocycles. The van der Waals surface area contributed by atoms with Crippen molar-refractivity contribution in [1.29, 1.82) is 0 Å². The van der Waals surface area contributed by atoms with Crippen molar-refractivity contribution < 1.29 is 9.47 Å². The van der Waals surface area contributed by atoms with E-state index in [1.54, 1.807) is 0 Å². The molecule has 2 aliphatic heterocycles. The third-order valence-corrected chi connectivity index (χ3v) is 6.36. The van der Waals surface area contributed by atoms with Crippen molar-refractivity contribution in [3.8, 4) is 0 Å². The summed E-state index contributed by atoms with van der Waals surface area (Å²) in [5, 5.41) is 1.49. The summed E-state index contributed by atoms with van der Waals surface area (Å²) in [6.07, 6.45) is 5.97. The number of hydrogen-bond acceptors (Lipinski definition) is 4. The van der Waals surface area contributed by atoms with E-state index in [0.717, 1.165) is 35.7 Å². The molecule has 0 aliphatic carbocycles. The van der Waals surface area contributed by atoms with Gasteiger partial charge in [-0.3, -0.25) is 0 Å². The summed E-state index contributed by atoms with van der Waals surface area (Å²) in [4.78, 5) is 9.30. The molecule has 0 aromatic heterocycles. The first-order valence-electron chi connectivity index (χ1n) is 10.3. The summed E-state index contributed by atoms with van der Waals surface area (Å²) in [7, 11) is 0. The topological polar surface area (TPSA) is 43.2 Å². The average molecular weight is 444 g/mol. The van der Waals surface area contributed by atoms with Gasteiger partial charge in [-0.25, -0.2) is 9.98 Å². The summed E-state index contributed by atoms with van der Waals surface area (Å²) in [6, 6.07) is 15.9. The molecule has 1 radical (unpaired) electrons. The van der Waals surface area contributed by atoms with Crippen LogP contribution in [0, 0.1) is 0 Å². The van der Waals surface area contributed by atoms with Crippen molar-refractivity contribution in [2.75, 3.05) is 0 Å². The van der Waals surface area contributed by atoms with Crippen molar-refractivity contribution in [2.24, 2.45) is 9.98 Å². The van der Waals surface area contributed by atoms with E-state index in [9.17, 15) is 0 Å². The molecule has 0 amide bonds. The third-order valence-electron chi connectivity index (χ3n) is 5.87. The van der Waals surface area contributed by atoms with Crippen LogP contribution in [0.3, 0.4) is 0 Å². The van der Waals surface area contributed by atoms with Gasteiger partial charge in [0.05, 0.1) is 6.04 Å². The molecular weight excluding hydrogens is 419 g/mol. The first-order valence-corrected chi connectivity index (χ1v) is 11.1. The van der Waals surface area contributed by atoms with Crippen molar-refractivity contribution in [3.63, 3.8) is 0 Å². The van der Waals surface area contributed by atoms with Gasteiger partial charge in [-0.15, -0.1) is 0 Å². The van der Waals surface area contributed by atoms with Crippen LogP contribution in [0.2, 0.25) is 10.0 Å². The number of nitrogens with zero attached hydrogens (tertiary/aromatic N) is 2. The molecule has 2 aliphatic rings. The van der Waals surface area contributed by atoms with Gasteiger partial charge < -0.3 is 9.47 Å². The maximum absolute atomic E-state index is 6.30. The zero-order chi connectivity index (χ0) is 21.1. The zero-order valence-corrected chi connectivity index (χ0v) is 18.7. The second-order valence-corrected chi connectivity index (χ2v) is 8.99. The van der Waals surface area contributed by atoms with Gasteiger partial charge in [0.1, 0.15) is 12.2 Å². The molecule has 2 aromatic rings. The second kappa shape index (κ2) is 8.99. The van der Waals surface area contributed by atoms with Gasteiger partial charge in [0.25, 0.3) is 6.40 Å². The molecule has 4 atom stereocenters. The highest BCUT2D eigenvalue weighted by atomic mass is 35.5. The Morgan fingerprint density at radius 2 is 1.77 bits per heavy atom. The van der Waals surface area contributed by atoms with Crippen LogP contribution in [0.15, 0.2) is 58.5 Å². The Kier molecular flexibility index (Phi) is 6.35. The maximum Gasteiger partial charge on any atom is 0.274 e. The minimum Gasteiger partial charge on any atom is -0.474 e. The minimum atomic E-state index is -0.651. The van der Waals surface area contributed by atoms with Crippen molar-refractivity contribution >= 4 is 35.5 Å². The van der Waals surface area contributed by atoms with Crippen LogP contribution in [0.25, 0.3) is 0 Å². The van der Waals surface area contributed by atoms with Gasteiger partial charge >= 0.3 is 0 Å². The lowest BCUT2D eigenvalue weighted by molar-refractivity contribution is 0.133. The Labute approximate surface area is 187 Å². The van der Waals surface area contributed by atoms with E-state index >= 15 is 0 Å². The smallest absolute Gasteiger partial charge is 0.274 e. The van der Waals surface area contributed by atoms with E-state index in [4.69, 9.17) is 37.7 Å². The fraction of sp³-hybridized carbons (Fsp3) is 0.417. The standard InChI is InChI=1S/C24H25Cl2N2O2/c1-16-21(12-8-17-6-10-19(25)11-7-17)30-23(28-16)24(2)22(29-15-27-24)13-9-18-4-3-5-20(26)14-18/h3-7,10-11,14,16,21-22H,8-9,12-13H2,1-2H3. The second-order valence-electron chi connectivity index (χ2n) is 8.12. The van der Waals surface area contributed by atoms with Gasteiger partial charge in [-0.05, 0) is 74.9 Å². The van der Waals surface area contributed by atoms with Crippen molar-refractivity contribution in [1.82, 2.24) is 0 Å². The van der Waals surface area contributed by atoms with Crippen LogP contribution in [0.5, 0.6) is 0 Å². The number of benzene rings is 2. The lowest BCUT2D eigenvalue weighted by Gasteiger charge is -2.27. The first kappa shape index (κ1) is 21.2. The highest BCUT2D eigenvalue weighted by Gasteiger charge is 2.48. The first-order chi connectivity index (χ1) is 14.4. The molecule has 4 nitrogen and oxygen atoms in total. The summed E-state index contributed by atoms with van der Waals surface area (Å²) in [5.41, 5.74) is 1.76. The lowest BCUT2D eigenvalue weighted by atomic mass is 9.91. The molecule has 157 valence electrons. The largest absolute Gasteiger partial charge is 0.474 e. The van der Waals surface area contributed by atoms with E-state index in [0.29, 0.717) is 5.90 Å². The SMILES string of the molecule is CC1N=C(C2(C)N=[C]OC2CCc2cccc(Cl)c2)OC1CCc1ccc(Cl)cc1. The fourth-order valence-electron chi connectivity index (χ4n) is 3.94. The van der Waals surface area contributed by atoms with Crippen molar-refractivity contribution in [3.05, 3.63) is 69.7 Å². The molecule has 6 heteroatoms. The van der Waals surface area contributed by atoms with E-state index in [1.165, 1.54) is 11.1 Å². The van der Waals surface area contributed by atoms with Gasteiger partial charge in [0.2, 0.25) is 5.90 Å². The number of halogens is 2. The zero-order valence-electron chi connectivity index (χ0n) is 17.1. The number of rotatable bonds is 7. The molecule has 2 heterocycles. The highest BCUT2D eigenvalue weighted by molar-refractivity contribution is 6.30. The van der Waals surface area contributed by atoms with Gasteiger partial charge in [-0.2, -0.15) is 0 Å². The molecule has 0 saturated heterocycles. The molecular formula is C24H25Cl2N2O2. The Hall–Kier alpha value is -2.04. The Morgan fingerprint density at radius 3 is 2.53 bits per heavy atom. The van der Waals surface area contributed by atoms with Gasteiger partial charge in [0.15, 0.2) is 5.54 Å². The van der Waals surface area contributed by atoms with E-state index in [1.807, 2.05) is 37.3 Å².